The summed E-state index contributed by atoms with van der Waals surface area (Å²) in [6.45, 7) is 4.76. The van der Waals surface area contributed by atoms with Gasteiger partial charge in [0.25, 0.3) is 0 Å². The van der Waals surface area contributed by atoms with E-state index in [0.717, 1.165) is 74.6 Å². The van der Waals surface area contributed by atoms with E-state index in [9.17, 15) is 13.6 Å². The van der Waals surface area contributed by atoms with Crippen molar-refractivity contribution in [3.8, 4) is 0 Å². The molecule has 0 radical (unpaired) electrons. The van der Waals surface area contributed by atoms with E-state index in [1.54, 1.807) is 17.5 Å². The topological polar surface area (TPSA) is 71.3 Å². The molecular weight excluding hydrogens is 446 g/mol. The Morgan fingerprint density at radius 2 is 2.09 bits per heavy atom. The van der Waals surface area contributed by atoms with Crippen LogP contribution >= 0.6 is 11.3 Å². The van der Waals surface area contributed by atoms with Gasteiger partial charge >= 0.3 is 0 Å². The molecule has 180 valence electrons. The smallest absolute Gasteiger partial charge is 0.249 e. The molecule has 0 saturated heterocycles. The minimum Gasteiger partial charge on any atom is -0.445 e. The van der Waals surface area contributed by atoms with Crippen molar-refractivity contribution in [2.24, 2.45) is 5.92 Å². The molecule has 3 heterocycles. The van der Waals surface area contributed by atoms with E-state index in [4.69, 9.17) is 9.40 Å². The van der Waals surface area contributed by atoms with Crippen molar-refractivity contribution in [3.05, 3.63) is 33.4 Å². The summed E-state index contributed by atoms with van der Waals surface area (Å²) in [5.41, 5.74) is 1.11. The predicted octanol–water partition coefficient (Wildman–Crippen LogP) is 4.62. The summed E-state index contributed by atoms with van der Waals surface area (Å²) >= 11 is 1.66. The number of aromatic nitrogens is 2. The highest BCUT2D eigenvalue weighted by Gasteiger charge is 2.47. The van der Waals surface area contributed by atoms with Gasteiger partial charge in [-0.2, -0.15) is 0 Å². The molecule has 2 aromatic rings. The van der Waals surface area contributed by atoms with Gasteiger partial charge in [0.15, 0.2) is 0 Å². The largest absolute Gasteiger partial charge is 0.445 e. The van der Waals surface area contributed by atoms with Gasteiger partial charge in [0.1, 0.15) is 12.2 Å². The van der Waals surface area contributed by atoms with Gasteiger partial charge in [0.2, 0.25) is 17.7 Å². The number of carbonyl (C=O) groups excluding carboxylic acids is 1. The van der Waals surface area contributed by atoms with Gasteiger partial charge in [0, 0.05) is 42.8 Å². The number of oxazole rings is 1. The number of amides is 1. The van der Waals surface area contributed by atoms with Crippen molar-refractivity contribution in [2.45, 2.75) is 89.1 Å². The number of thiazole rings is 1. The van der Waals surface area contributed by atoms with E-state index in [-0.39, 0.29) is 37.1 Å². The summed E-state index contributed by atoms with van der Waals surface area (Å²) in [7, 11) is 0. The molecule has 1 aliphatic heterocycles. The third-order valence-electron chi connectivity index (χ3n) is 7.31. The maximum absolute atomic E-state index is 13.2. The molecule has 2 saturated carbocycles. The fourth-order valence-corrected chi connectivity index (χ4v) is 6.50. The lowest BCUT2D eigenvalue weighted by Gasteiger charge is -2.33. The van der Waals surface area contributed by atoms with Crippen molar-refractivity contribution in [2.75, 3.05) is 13.1 Å². The Bertz CT molecular complexity index is 975. The lowest BCUT2D eigenvalue weighted by molar-refractivity contribution is -0.121. The van der Waals surface area contributed by atoms with Crippen LogP contribution in [0.5, 0.6) is 0 Å². The first-order valence-corrected chi connectivity index (χ1v) is 12.9. The molecule has 0 spiro atoms. The maximum atomic E-state index is 13.2. The van der Waals surface area contributed by atoms with E-state index in [1.807, 2.05) is 6.92 Å². The molecule has 0 bridgehead atoms. The van der Waals surface area contributed by atoms with Crippen LogP contribution in [0.25, 0.3) is 0 Å². The van der Waals surface area contributed by atoms with Crippen LogP contribution in [0, 0.1) is 12.8 Å². The number of nitrogens with one attached hydrogen (secondary N) is 1. The Kier molecular flexibility index (Phi) is 6.53. The molecule has 2 fully saturated rings. The summed E-state index contributed by atoms with van der Waals surface area (Å²) in [5, 5.41) is 4.06. The van der Waals surface area contributed by atoms with Gasteiger partial charge in [0.05, 0.1) is 16.9 Å². The van der Waals surface area contributed by atoms with E-state index in [1.165, 1.54) is 4.88 Å². The summed E-state index contributed by atoms with van der Waals surface area (Å²) in [5.74, 6) is -0.655. The van der Waals surface area contributed by atoms with Crippen LogP contribution in [0.4, 0.5) is 8.78 Å². The molecule has 0 aromatic carbocycles. The highest BCUT2D eigenvalue weighted by molar-refractivity contribution is 7.11. The molecule has 1 N–H and O–H groups in total. The van der Waals surface area contributed by atoms with Crippen molar-refractivity contribution in [1.29, 1.82) is 0 Å². The van der Waals surface area contributed by atoms with Crippen LogP contribution in [-0.2, 0) is 24.2 Å². The van der Waals surface area contributed by atoms with Crippen LogP contribution in [0.3, 0.4) is 0 Å². The Morgan fingerprint density at radius 1 is 1.30 bits per heavy atom. The standard InChI is InChI=1S/C24H32F2N4O2S/c1-15-13-27-22(32-15)10-21(31)28-18-4-2-16(3-5-18)6-8-30-9-7-20-19(14-30)29-23(33-20)17-11-24(25,26)12-17/h13,16-18H,2-12,14H2,1H3,(H,28,31)/t16-,18-. The van der Waals surface area contributed by atoms with Crippen LogP contribution in [0.1, 0.15) is 78.1 Å². The van der Waals surface area contributed by atoms with Crippen molar-refractivity contribution < 1.29 is 18.0 Å². The van der Waals surface area contributed by atoms with Crippen LogP contribution in [0.15, 0.2) is 10.6 Å². The molecule has 2 aromatic heterocycles. The number of hydrogen-bond donors (Lipinski definition) is 1. The number of rotatable bonds is 7. The summed E-state index contributed by atoms with van der Waals surface area (Å²) < 4.78 is 31.8. The van der Waals surface area contributed by atoms with Gasteiger partial charge in [-0.05, 0) is 57.9 Å². The lowest BCUT2D eigenvalue weighted by atomic mass is 9.82. The third-order valence-corrected chi connectivity index (χ3v) is 8.63. The molecule has 0 atom stereocenters. The Hall–Kier alpha value is -1.87. The number of carbonyl (C=O) groups is 1. The minimum absolute atomic E-state index is 0.0160. The van der Waals surface area contributed by atoms with E-state index < -0.39 is 5.92 Å². The van der Waals surface area contributed by atoms with Crippen LogP contribution < -0.4 is 5.32 Å². The number of hydrogen-bond acceptors (Lipinski definition) is 6. The highest BCUT2D eigenvalue weighted by Crippen LogP contribution is 2.49. The fourth-order valence-electron chi connectivity index (χ4n) is 5.33. The zero-order chi connectivity index (χ0) is 23.0. The molecule has 9 heteroatoms. The van der Waals surface area contributed by atoms with Crippen molar-refractivity contribution >= 4 is 17.2 Å². The summed E-state index contributed by atoms with van der Waals surface area (Å²) in [6, 6.07) is 0.245. The van der Waals surface area contributed by atoms with Crippen molar-refractivity contribution in [3.63, 3.8) is 0 Å². The fraction of sp³-hybridized carbons (Fsp3) is 0.708. The molecule has 3 aliphatic rings. The van der Waals surface area contributed by atoms with E-state index in [2.05, 4.69) is 15.2 Å². The molecule has 2 aliphatic carbocycles. The SMILES string of the molecule is Cc1cnc(CC(=O)N[C@H]2CC[C@H](CCN3CCc4sc(C5CC(F)(F)C5)nc4C3)CC2)o1. The second kappa shape index (κ2) is 9.41. The number of fused-ring (bicyclic) bond motifs is 1. The normalized spacial score (nSPS) is 25.4. The zero-order valence-corrected chi connectivity index (χ0v) is 19.9. The molecule has 6 nitrogen and oxygen atoms in total. The highest BCUT2D eigenvalue weighted by atomic mass is 32.1. The number of aryl methyl sites for hydroxylation is 1. The first-order chi connectivity index (χ1) is 15.8. The third kappa shape index (κ3) is 5.62. The Labute approximate surface area is 197 Å². The van der Waals surface area contributed by atoms with Gasteiger partial charge in [-0.25, -0.2) is 18.7 Å². The van der Waals surface area contributed by atoms with Gasteiger partial charge in [-0.15, -0.1) is 11.3 Å². The lowest BCUT2D eigenvalue weighted by Crippen LogP contribution is -2.39. The molecule has 33 heavy (non-hydrogen) atoms. The average Bonchev–Trinajstić information content (AvgIpc) is 3.36. The van der Waals surface area contributed by atoms with Crippen LogP contribution in [0.2, 0.25) is 0 Å². The second-order valence-corrected chi connectivity index (χ2v) is 11.1. The van der Waals surface area contributed by atoms with Gasteiger partial charge in [-0.1, -0.05) is 0 Å². The van der Waals surface area contributed by atoms with E-state index in [0.29, 0.717) is 11.8 Å². The van der Waals surface area contributed by atoms with Gasteiger partial charge in [-0.3, -0.25) is 9.69 Å². The second-order valence-electron chi connectivity index (χ2n) is 10.0. The molecular formula is C24H32F2N4O2S. The van der Waals surface area contributed by atoms with Crippen LogP contribution in [-0.4, -0.2) is 45.8 Å². The van der Waals surface area contributed by atoms with E-state index >= 15 is 0 Å². The predicted molar refractivity (Wildman–Crippen MR) is 121 cm³/mol. The first kappa shape index (κ1) is 22.9. The number of alkyl halides is 2. The maximum Gasteiger partial charge on any atom is 0.249 e. The number of halogens is 2. The monoisotopic (exact) mass is 478 g/mol. The summed E-state index contributed by atoms with van der Waals surface area (Å²) in [4.78, 5) is 24.9. The first-order valence-electron chi connectivity index (χ1n) is 12.1. The quantitative estimate of drug-likeness (QED) is 0.629. The Morgan fingerprint density at radius 3 is 2.79 bits per heavy atom. The number of nitrogens with zero attached hydrogens (tertiary/aromatic N) is 3. The molecule has 0 unspecified atom stereocenters. The molecule has 5 rings (SSSR count). The average molecular weight is 479 g/mol. The molecule has 1 amide bonds. The van der Waals surface area contributed by atoms with Gasteiger partial charge < -0.3 is 9.73 Å². The van der Waals surface area contributed by atoms with Crippen molar-refractivity contribution in [1.82, 2.24) is 20.2 Å². The summed E-state index contributed by atoms with van der Waals surface area (Å²) in [6.07, 6.45) is 8.23. The Balaban J connectivity index is 1.02. The minimum atomic E-state index is -2.49. The zero-order valence-electron chi connectivity index (χ0n) is 19.1.